The Labute approximate surface area is 96.2 Å². The number of carboxylic acids is 1. The van der Waals surface area contributed by atoms with Crippen LogP contribution < -0.4 is 0 Å². The third kappa shape index (κ3) is 2.06. The second-order valence-corrected chi connectivity index (χ2v) is 4.47. The summed E-state index contributed by atoms with van der Waals surface area (Å²) < 4.78 is 5.50. The summed E-state index contributed by atoms with van der Waals surface area (Å²) in [7, 11) is 0. The van der Waals surface area contributed by atoms with Gasteiger partial charge in [0.15, 0.2) is 0 Å². The summed E-state index contributed by atoms with van der Waals surface area (Å²) in [6, 6.07) is 7.82. The lowest BCUT2D eigenvalue weighted by molar-refractivity contribution is -0.139. The fourth-order valence-corrected chi connectivity index (χ4v) is 2.23. The smallest absolute Gasteiger partial charge is 0.320 e. The van der Waals surface area contributed by atoms with E-state index in [1.807, 2.05) is 24.3 Å². The van der Waals surface area contributed by atoms with E-state index in [-0.39, 0.29) is 6.10 Å². The molecule has 15 heavy (non-hydrogen) atoms. The van der Waals surface area contributed by atoms with Gasteiger partial charge in [0.05, 0.1) is 6.61 Å². The molecule has 1 aliphatic heterocycles. The van der Waals surface area contributed by atoms with Crippen molar-refractivity contribution >= 4 is 21.9 Å². The summed E-state index contributed by atoms with van der Waals surface area (Å²) in [5.74, 6) is -0.892. The molecule has 0 spiro atoms. The fourth-order valence-electron chi connectivity index (χ4n) is 1.80. The number of rotatable bonds is 2. The molecule has 0 bridgehead atoms. The van der Waals surface area contributed by atoms with E-state index in [0.717, 1.165) is 12.0 Å². The SMILES string of the molecule is O=C(O)C(Br)C1OCCc2ccccc21. The zero-order chi connectivity index (χ0) is 10.8. The molecule has 2 atom stereocenters. The highest BCUT2D eigenvalue weighted by molar-refractivity contribution is 9.10. The molecule has 0 amide bonds. The maximum absolute atomic E-state index is 10.9. The molecule has 3 nitrogen and oxygen atoms in total. The van der Waals surface area contributed by atoms with E-state index in [1.54, 1.807) is 0 Å². The predicted molar refractivity (Wildman–Crippen MR) is 59.2 cm³/mol. The first-order chi connectivity index (χ1) is 7.20. The minimum absolute atomic E-state index is 0.382. The topological polar surface area (TPSA) is 46.5 Å². The molecule has 1 aromatic carbocycles. The van der Waals surface area contributed by atoms with Crippen LogP contribution in [0.15, 0.2) is 24.3 Å². The highest BCUT2D eigenvalue weighted by Gasteiger charge is 2.31. The van der Waals surface area contributed by atoms with Crippen LogP contribution >= 0.6 is 15.9 Å². The van der Waals surface area contributed by atoms with Crippen molar-refractivity contribution in [2.24, 2.45) is 0 Å². The summed E-state index contributed by atoms with van der Waals surface area (Å²) in [5, 5.41) is 8.93. The minimum atomic E-state index is -0.892. The molecule has 0 saturated carbocycles. The van der Waals surface area contributed by atoms with Gasteiger partial charge in [-0.1, -0.05) is 40.2 Å². The van der Waals surface area contributed by atoms with Crippen molar-refractivity contribution in [3.05, 3.63) is 35.4 Å². The van der Waals surface area contributed by atoms with Crippen LogP contribution in [0.1, 0.15) is 17.2 Å². The Hall–Kier alpha value is -0.870. The number of ether oxygens (including phenoxy) is 1. The van der Waals surface area contributed by atoms with E-state index in [9.17, 15) is 4.79 Å². The van der Waals surface area contributed by atoms with Crippen molar-refractivity contribution in [2.75, 3.05) is 6.61 Å². The molecular formula is C11H11BrO3. The molecule has 1 aliphatic rings. The van der Waals surface area contributed by atoms with Crippen molar-refractivity contribution in [1.29, 1.82) is 0 Å². The van der Waals surface area contributed by atoms with Crippen molar-refractivity contribution < 1.29 is 14.6 Å². The van der Waals surface area contributed by atoms with Gasteiger partial charge in [0.1, 0.15) is 10.9 Å². The van der Waals surface area contributed by atoms with Gasteiger partial charge in [-0.05, 0) is 17.5 Å². The van der Waals surface area contributed by atoms with Crippen molar-refractivity contribution in [3.8, 4) is 0 Å². The average molecular weight is 271 g/mol. The lowest BCUT2D eigenvalue weighted by Gasteiger charge is -2.27. The van der Waals surface area contributed by atoms with Gasteiger partial charge in [-0.25, -0.2) is 0 Å². The van der Waals surface area contributed by atoms with Crippen LogP contribution in [0.4, 0.5) is 0 Å². The highest BCUT2D eigenvalue weighted by Crippen LogP contribution is 2.32. The number of halogens is 1. The average Bonchev–Trinajstić information content (AvgIpc) is 2.27. The molecule has 2 unspecified atom stereocenters. The van der Waals surface area contributed by atoms with Crippen molar-refractivity contribution in [2.45, 2.75) is 17.4 Å². The molecule has 0 aromatic heterocycles. The number of aliphatic carboxylic acids is 1. The van der Waals surface area contributed by atoms with Crippen molar-refractivity contribution in [1.82, 2.24) is 0 Å². The number of hydrogen-bond acceptors (Lipinski definition) is 2. The van der Waals surface area contributed by atoms with Gasteiger partial charge in [-0.15, -0.1) is 0 Å². The number of hydrogen-bond donors (Lipinski definition) is 1. The van der Waals surface area contributed by atoms with Gasteiger partial charge < -0.3 is 9.84 Å². The monoisotopic (exact) mass is 270 g/mol. The lowest BCUT2D eigenvalue weighted by atomic mass is 9.96. The van der Waals surface area contributed by atoms with Gasteiger partial charge in [0.25, 0.3) is 0 Å². The maximum atomic E-state index is 10.9. The maximum Gasteiger partial charge on any atom is 0.320 e. The third-order valence-corrected chi connectivity index (χ3v) is 3.40. The van der Waals surface area contributed by atoms with Crippen LogP contribution in [0.3, 0.4) is 0 Å². The summed E-state index contributed by atoms with van der Waals surface area (Å²) in [6.07, 6.45) is 0.471. The lowest BCUT2D eigenvalue weighted by Crippen LogP contribution is -2.28. The number of carboxylic acid groups (broad SMARTS) is 1. The fraction of sp³-hybridized carbons (Fsp3) is 0.364. The van der Waals surface area contributed by atoms with E-state index in [1.165, 1.54) is 5.56 Å². The minimum Gasteiger partial charge on any atom is -0.480 e. The molecule has 80 valence electrons. The zero-order valence-electron chi connectivity index (χ0n) is 8.02. The molecule has 0 aliphatic carbocycles. The Kier molecular flexibility index (Phi) is 3.07. The van der Waals surface area contributed by atoms with Crippen LogP contribution in [0.2, 0.25) is 0 Å². The molecular weight excluding hydrogens is 260 g/mol. The van der Waals surface area contributed by atoms with Crippen LogP contribution in [0.5, 0.6) is 0 Å². The first kappa shape index (κ1) is 10.6. The summed E-state index contributed by atoms with van der Waals surface area (Å²) >= 11 is 3.15. The second-order valence-electron chi connectivity index (χ2n) is 3.48. The quantitative estimate of drug-likeness (QED) is 0.838. The van der Waals surface area contributed by atoms with Crippen LogP contribution in [-0.2, 0) is 16.0 Å². The molecule has 1 heterocycles. The summed E-state index contributed by atoms with van der Waals surface area (Å²) in [6.45, 7) is 0.580. The molecule has 1 N–H and O–H groups in total. The number of fused-ring (bicyclic) bond motifs is 1. The largest absolute Gasteiger partial charge is 0.480 e. The number of benzene rings is 1. The first-order valence-electron chi connectivity index (χ1n) is 4.76. The standard InChI is InChI=1S/C11H11BrO3/c12-9(11(13)14)10-8-4-2-1-3-7(8)5-6-15-10/h1-4,9-10H,5-6H2,(H,13,14). The van der Waals surface area contributed by atoms with E-state index in [2.05, 4.69) is 15.9 Å². The normalized spacial score (nSPS) is 21.8. The second kappa shape index (κ2) is 4.33. The molecule has 1 aromatic rings. The Morgan fingerprint density at radius 1 is 1.53 bits per heavy atom. The van der Waals surface area contributed by atoms with Gasteiger partial charge in [0, 0.05) is 0 Å². The Morgan fingerprint density at radius 2 is 2.27 bits per heavy atom. The first-order valence-corrected chi connectivity index (χ1v) is 5.68. The molecule has 0 fully saturated rings. The Balaban J connectivity index is 2.33. The van der Waals surface area contributed by atoms with Gasteiger partial charge in [0.2, 0.25) is 0 Å². The van der Waals surface area contributed by atoms with E-state index < -0.39 is 10.8 Å². The number of carbonyl (C=O) groups is 1. The molecule has 2 rings (SSSR count). The Bertz CT molecular complexity index is 378. The Morgan fingerprint density at radius 3 is 3.00 bits per heavy atom. The molecule has 4 heteroatoms. The summed E-state index contributed by atoms with van der Waals surface area (Å²) in [5.41, 5.74) is 2.16. The van der Waals surface area contributed by atoms with Crippen LogP contribution in [0.25, 0.3) is 0 Å². The molecule has 0 radical (unpaired) electrons. The van der Waals surface area contributed by atoms with Crippen LogP contribution in [-0.4, -0.2) is 22.5 Å². The van der Waals surface area contributed by atoms with E-state index in [0.29, 0.717) is 6.61 Å². The third-order valence-electron chi connectivity index (χ3n) is 2.53. The molecule has 0 saturated heterocycles. The highest BCUT2D eigenvalue weighted by atomic mass is 79.9. The summed E-state index contributed by atoms with van der Waals surface area (Å²) in [4.78, 5) is 10.2. The van der Waals surface area contributed by atoms with Crippen molar-refractivity contribution in [3.63, 3.8) is 0 Å². The predicted octanol–water partition coefficient (Wildman–Crippen LogP) is 2.15. The van der Waals surface area contributed by atoms with Crippen LogP contribution in [0, 0.1) is 0 Å². The van der Waals surface area contributed by atoms with Gasteiger partial charge in [-0.3, -0.25) is 4.79 Å². The zero-order valence-corrected chi connectivity index (χ0v) is 9.61. The van der Waals surface area contributed by atoms with E-state index in [4.69, 9.17) is 9.84 Å². The van der Waals surface area contributed by atoms with Gasteiger partial charge >= 0.3 is 5.97 Å². The van der Waals surface area contributed by atoms with Gasteiger partial charge in [-0.2, -0.15) is 0 Å². The van der Waals surface area contributed by atoms with E-state index >= 15 is 0 Å². The number of alkyl halides is 1.